The molecule has 256 valence electrons. The van der Waals surface area contributed by atoms with Crippen molar-refractivity contribution in [1.82, 2.24) is 15.0 Å². The van der Waals surface area contributed by atoms with Gasteiger partial charge in [-0.2, -0.15) is 0 Å². The van der Waals surface area contributed by atoms with Crippen LogP contribution < -0.4 is 0 Å². The molecular weight excluding hydrogens is 671 g/mol. The minimum Gasteiger partial charge on any atom is -0.456 e. The lowest BCUT2D eigenvalue weighted by Crippen LogP contribution is -2.01. The Morgan fingerprint density at radius 2 is 1.00 bits per heavy atom. The normalized spacial score (nSPS) is 13.2. The Hall–Kier alpha value is -7.43. The van der Waals surface area contributed by atoms with Gasteiger partial charge in [-0.15, -0.1) is 0 Å². The van der Waals surface area contributed by atoms with E-state index in [9.17, 15) is 1.37 Å². The zero-order valence-electron chi connectivity index (χ0n) is 35.2. The molecule has 0 saturated carbocycles. The molecule has 4 nitrogen and oxygen atoms in total. The number of hydrogen-bond donors (Lipinski definition) is 0. The van der Waals surface area contributed by atoms with Gasteiger partial charge < -0.3 is 4.42 Å². The van der Waals surface area contributed by atoms with Crippen molar-refractivity contribution in [1.29, 1.82) is 0 Å². The van der Waals surface area contributed by atoms with E-state index in [1.165, 1.54) is 16.8 Å². The van der Waals surface area contributed by atoms with Crippen molar-refractivity contribution in [2.75, 3.05) is 0 Å². The largest absolute Gasteiger partial charge is 0.456 e. The quantitative estimate of drug-likeness (QED) is 0.167. The summed E-state index contributed by atoms with van der Waals surface area (Å²) in [5.41, 5.74) is 5.66. The van der Waals surface area contributed by atoms with Crippen LogP contribution in [-0.2, 0) is 0 Å². The predicted octanol–water partition coefficient (Wildman–Crippen LogP) is 13.6. The topological polar surface area (TPSA) is 51.8 Å². The summed E-state index contributed by atoms with van der Waals surface area (Å²) in [6.45, 7) is 0. The molecule has 0 radical (unpaired) electrons. The second-order valence-corrected chi connectivity index (χ2v) is 13.6. The van der Waals surface area contributed by atoms with Gasteiger partial charge in [-0.05, 0) is 84.9 Å². The van der Waals surface area contributed by atoms with Gasteiger partial charge in [-0.1, -0.05) is 158 Å². The Labute approximate surface area is 325 Å². The molecule has 0 aliphatic heterocycles. The van der Waals surface area contributed by atoms with Gasteiger partial charge in [-0.3, -0.25) is 0 Å². The molecule has 4 heteroatoms. The lowest BCUT2D eigenvalue weighted by Gasteiger charge is -2.13. The number of aromatic nitrogens is 3. The molecule has 0 fully saturated rings. The summed E-state index contributed by atoms with van der Waals surface area (Å²) in [6.07, 6.45) is 0. The number of para-hydroxylation sites is 1. The third-order valence-electron chi connectivity index (χ3n) is 10.3. The van der Waals surface area contributed by atoms with Crippen LogP contribution in [0.5, 0.6) is 0 Å². The summed E-state index contributed by atoms with van der Waals surface area (Å²) in [5.74, 6) is 0.732. The molecule has 0 amide bonds. The molecular formula is C51H31N3O. The smallest absolute Gasteiger partial charge is 0.164 e. The maximum absolute atomic E-state index is 9.29. The maximum atomic E-state index is 9.29. The van der Waals surface area contributed by atoms with Crippen molar-refractivity contribution >= 4 is 54.3 Å². The first-order valence-corrected chi connectivity index (χ1v) is 18.0. The molecule has 0 aliphatic carbocycles. The minimum absolute atomic E-state index is 0.00916. The summed E-state index contributed by atoms with van der Waals surface area (Å²) < 4.78 is 58.4. The van der Waals surface area contributed by atoms with Crippen LogP contribution in [0.1, 0.15) is 8.22 Å². The first-order valence-electron chi connectivity index (χ1n) is 21.0. The highest BCUT2D eigenvalue weighted by Crippen LogP contribution is 2.39. The number of benzene rings is 9. The zero-order valence-corrected chi connectivity index (χ0v) is 29.2. The Kier molecular flexibility index (Phi) is 5.85. The lowest BCUT2D eigenvalue weighted by atomic mass is 9.96. The van der Waals surface area contributed by atoms with E-state index in [0.29, 0.717) is 17.2 Å². The van der Waals surface area contributed by atoms with E-state index in [0.717, 1.165) is 49.4 Å². The van der Waals surface area contributed by atoms with Crippen molar-refractivity contribution in [3.8, 4) is 56.4 Å². The van der Waals surface area contributed by atoms with E-state index in [-0.39, 0.29) is 63.5 Å². The van der Waals surface area contributed by atoms with Gasteiger partial charge in [0.2, 0.25) is 0 Å². The fourth-order valence-corrected chi connectivity index (χ4v) is 7.63. The fraction of sp³-hybridized carbons (Fsp3) is 0. The van der Waals surface area contributed by atoms with Crippen molar-refractivity contribution in [2.45, 2.75) is 0 Å². The van der Waals surface area contributed by atoms with Crippen molar-refractivity contribution in [3.05, 3.63) is 188 Å². The van der Waals surface area contributed by atoms with E-state index < -0.39 is 6.04 Å². The Morgan fingerprint density at radius 3 is 1.84 bits per heavy atom. The molecule has 2 aromatic heterocycles. The third-order valence-corrected chi connectivity index (χ3v) is 10.3. The van der Waals surface area contributed by atoms with Crippen molar-refractivity contribution in [3.63, 3.8) is 0 Å². The van der Waals surface area contributed by atoms with E-state index >= 15 is 0 Å². The molecule has 0 bridgehead atoms. The van der Waals surface area contributed by atoms with E-state index in [4.69, 9.17) is 26.2 Å². The van der Waals surface area contributed by atoms with Gasteiger partial charge in [0.15, 0.2) is 17.5 Å². The first-order chi connectivity index (χ1) is 29.7. The first kappa shape index (κ1) is 25.5. The number of hydrogen-bond acceptors (Lipinski definition) is 4. The maximum Gasteiger partial charge on any atom is 0.164 e. The van der Waals surface area contributed by atoms with Crippen LogP contribution >= 0.6 is 0 Å². The Bertz CT molecular complexity index is 3620. The average Bonchev–Trinajstić information content (AvgIpc) is 3.68. The molecule has 2 heterocycles. The zero-order chi connectivity index (χ0) is 41.5. The summed E-state index contributed by atoms with van der Waals surface area (Å²) in [7, 11) is 0. The molecule has 0 spiro atoms. The monoisotopic (exact) mass is 707 g/mol. The SMILES string of the molecule is [2H]c1cc2c(oc3c([2H])c([2H])c([2H])c(-c4nc(-c5cccc(-c6ccc(-c7ccc8ccccc8c7)cc6)c5)nc(-c5cc6ccccc6c6ccccc56)n4)c32)c([2H])c1[2H]. The highest BCUT2D eigenvalue weighted by molar-refractivity contribution is 6.14. The van der Waals surface area contributed by atoms with Gasteiger partial charge in [0, 0.05) is 27.5 Å². The van der Waals surface area contributed by atoms with Gasteiger partial charge >= 0.3 is 0 Å². The van der Waals surface area contributed by atoms with Crippen LogP contribution in [0.15, 0.2) is 192 Å². The molecule has 0 saturated heterocycles. The second kappa shape index (κ2) is 12.6. The second-order valence-electron chi connectivity index (χ2n) is 13.6. The van der Waals surface area contributed by atoms with Crippen LogP contribution in [0, 0.1) is 0 Å². The van der Waals surface area contributed by atoms with Crippen LogP contribution in [0.2, 0.25) is 0 Å². The van der Waals surface area contributed by atoms with Gasteiger partial charge in [0.25, 0.3) is 0 Å². The minimum atomic E-state index is -0.404. The summed E-state index contributed by atoms with van der Waals surface area (Å²) >= 11 is 0. The Morgan fingerprint density at radius 1 is 0.364 bits per heavy atom. The number of furan rings is 1. The average molecular weight is 708 g/mol. The molecule has 11 aromatic rings. The number of rotatable bonds is 5. The summed E-state index contributed by atoms with van der Waals surface area (Å²) in [5, 5.41) is 6.87. The Balaban J connectivity index is 1.13. The van der Waals surface area contributed by atoms with E-state index in [1.807, 2.05) is 72.8 Å². The summed E-state index contributed by atoms with van der Waals surface area (Å²) in [6, 6.07) is 48.9. The highest BCUT2D eigenvalue weighted by Gasteiger charge is 2.19. The van der Waals surface area contributed by atoms with Gasteiger partial charge in [-0.25, -0.2) is 15.0 Å². The van der Waals surface area contributed by atoms with Crippen molar-refractivity contribution in [2.24, 2.45) is 0 Å². The third kappa shape index (κ3) is 5.34. The summed E-state index contributed by atoms with van der Waals surface area (Å²) in [4.78, 5) is 15.2. The number of fused-ring (bicyclic) bond motifs is 7. The standard InChI is InChI=1S/C51H31N3O/c1-2-12-35-29-37(28-27-32(35)11-1)34-25-23-33(24-26-34)36-14-9-15-39(30-36)49-52-50(44-20-10-22-47-48(44)43-19-7-8-21-46(43)55-47)54-51(53-49)45-31-38-13-3-4-16-40(38)41-17-5-6-18-42(41)45/h1-31H/i7D,8D,10D,20D,21D,22D. The molecule has 0 unspecified atom stereocenters. The van der Waals surface area contributed by atoms with Crippen LogP contribution in [0.4, 0.5) is 0 Å². The van der Waals surface area contributed by atoms with E-state index in [1.54, 1.807) is 0 Å². The molecule has 0 atom stereocenters. The van der Waals surface area contributed by atoms with Crippen molar-refractivity contribution < 1.29 is 12.6 Å². The lowest BCUT2D eigenvalue weighted by molar-refractivity contribution is 0.669. The van der Waals surface area contributed by atoms with Crippen LogP contribution in [0.25, 0.3) is 111 Å². The molecule has 0 aliphatic rings. The van der Waals surface area contributed by atoms with Gasteiger partial charge in [0.1, 0.15) is 11.2 Å². The molecule has 11 rings (SSSR count). The van der Waals surface area contributed by atoms with E-state index in [2.05, 4.69) is 72.8 Å². The van der Waals surface area contributed by atoms with Crippen LogP contribution in [-0.4, -0.2) is 15.0 Å². The molecule has 9 aromatic carbocycles. The predicted molar refractivity (Wildman–Crippen MR) is 227 cm³/mol. The van der Waals surface area contributed by atoms with Crippen LogP contribution in [0.3, 0.4) is 0 Å². The fourth-order valence-electron chi connectivity index (χ4n) is 7.63. The number of nitrogens with zero attached hydrogens (tertiary/aromatic N) is 3. The highest BCUT2D eigenvalue weighted by atomic mass is 16.3. The molecule has 0 N–H and O–H groups in total. The molecule has 55 heavy (non-hydrogen) atoms. The van der Waals surface area contributed by atoms with Gasteiger partial charge in [0.05, 0.1) is 8.22 Å².